The zero-order valence-corrected chi connectivity index (χ0v) is 14.7. The van der Waals surface area contributed by atoms with Crippen LogP contribution in [0, 0.1) is 5.41 Å². The molecule has 0 bridgehead atoms. The van der Waals surface area contributed by atoms with E-state index in [1.165, 1.54) is 4.90 Å². The number of benzene rings is 1. The van der Waals surface area contributed by atoms with Crippen LogP contribution in [-0.4, -0.2) is 33.7 Å². The lowest BCUT2D eigenvalue weighted by molar-refractivity contribution is -0.125. The summed E-state index contributed by atoms with van der Waals surface area (Å²) in [5.74, 6) is -0.138. The molecule has 1 unspecified atom stereocenters. The van der Waals surface area contributed by atoms with Gasteiger partial charge >= 0.3 is 0 Å². The summed E-state index contributed by atoms with van der Waals surface area (Å²) in [6.45, 7) is 8.38. The second kappa shape index (κ2) is 6.74. The van der Waals surface area contributed by atoms with Crippen LogP contribution in [0.1, 0.15) is 43.6 Å². The van der Waals surface area contributed by atoms with E-state index in [0.717, 1.165) is 17.3 Å². The van der Waals surface area contributed by atoms with Gasteiger partial charge in [-0.25, -0.2) is 0 Å². The number of nitrogens with one attached hydrogen (secondary N) is 1. The van der Waals surface area contributed by atoms with Crippen LogP contribution in [0.5, 0.6) is 0 Å². The van der Waals surface area contributed by atoms with Gasteiger partial charge in [-0.1, -0.05) is 44.7 Å². The summed E-state index contributed by atoms with van der Waals surface area (Å²) in [5.41, 5.74) is 1.27. The second-order valence-corrected chi connectivity index (χ2v) is 7.72. The molecule has 124 valence electrons. The molecule has 1 aliphatic heterocycles. The number of carbonyl (C=O) groups is 3. The first-order valence-electron chi connectivity index (χ1n) is 7.55. The Labute approximate surface area is 140 Å². The van der Waals surface area contributed by atoms with E-state index >= 15 is 0 Å². The monoisotopic (exact) mass is 334 g/mol. The van der Waals surface area contributed by atoms with Crippen molar-refractivity contribution in [3.8, 4) is 0 Å². The predicted molar refractivity (Wildman–Crippen MR) is 91.2 cm³/mol. The van der Waals surface area contributed by atoms with E-state index in [9.17, 15) is 14.4 Å². The third-order valence-corrected chi connectivity index (χ3v) is 4.88. The molecule has 1 atom stereocenters. The Kier molecular flexibility index (Phi) is 5.14. The van der Waals surface area contributed by atoms with E-state index in [1.54, 1.807) is 18.2 Å². The lowest BCUT2D eigenvalue weighted by atomic mass is 9.88. The first-order valence-corrected chi connectivity index (χ1v) is 8.54. The van der Waals surface area contributed by atoms with Crippen LogP contribution < -0.4 is 5.32 Å². The Hall–Kier alpha value is -1.82. The van der Waals surface area contributed by atoms with E-state index in [1.807, 2.05) is 13.0 Å². The fourth-order valence-corrected chi connectivity index (χ4v) is 2.75. The van der Waals surface area contributed by atoms with Gasteiger partial charge in [0.25, 0.3) is 11.1 Å². The molecule has 0 radical (unpaired) electrons. The van der Waals surface area contributed by atoms with Crippen molar-refractivity contribution in [2.45, 2.75) is 40.3 Å². The number of thioether (sulfide) groups is 1. The Morgan fingerprint density at radius 2 is 2.04 bits per heavy atom. The van der Waals surface area contributed by atoms with Crippen molar-refractivity contribution in [1.29, 1.82) is 0 Å². The van der Waals surface area contributed by atoms with Gasteiger partial charge in [0.05, 0.1) is 12.3 Å². The molecule has 1 aliphatic rings. The number of hydrogen-bond acceptors (Lipinski definition) is 4. The molecule has 0 aliphatic carbocycles. The van der Waals surface area contributed by atoms with Gasteiger partial charge in [-0.2, -0.15) is 0 Å². The number of carbonyl (C=O) groups excluding carboxylic acids is 3. The third kappa shape index (κ3) is 4.34. The van der Waals surface area contributed by atoms with Crippen LogP contribution in [0.4, 0.5) is 4.79 Å². The topological polar surface area (TPSA) is 66.5 Å². The summed E-state index contributed by atoms with van der Waals surface area (Å²) in [6, 6.07) is 7.07. The summed E-state index contributed by atoms with van der Waals surface area (Å²) in [4.78, 5) is 36.9. The van der Waals surface area contributed by atoms with Crippen molar-refractivity contribution < 1.29 is 14.4 Å². The number of rotatable bonds is 4. The number of imide groups is 1. The van der Waals surface area contributed by atoms with Gasteiger partial charge in [0.1, 0.15) is 0 Å². The lowest BCUT2D eigenvalue weighted by Gasteiger charge is -2.28. The minimum Gasteiger partial charge on any atom is -0.349 e. The van der Waals surface area contributed by atoms with Gasteiger partial charge in [-0.3, -0.25) is 19.3 Å². The molecule has 3 amide bonds. The van der Waals surface area contributed by atoms with E-state index in [2.05, 4.69) is 26.1 Å². The van der Waals surface area contributed by atoms with Crippen LogP contribution in [0.25, 0.3) is 0 Å². The summed E-state index contributed by atoms with van der Waals surface area (Å²) in [5, 5.41) is 2.75. The Bertz CT molecular complexity index is 621. The maximum atomic E-state index is 12.4. The maximum absolute atomic E-state index is 12.4. The summed E-state index contributed by atoms with van der Waals surface area (Å²) in [6.07, 6.45) is 0. The Morgan fingerprint density at radius 3 is 2.61 bits per heavy atom. The highest BCUT2D eigenvalue weighted by Gasteiger charge is 2.30. The van der Waals surface area contributed by atoms with Gasteiger partial charge in [-0.05, 0) is 30.0 Å². The van der Waals surface area contributed by atoms with Gasteiger partial charge < -0.3 is 5.32 Å². The van der Waals surface area contributed by atoms with Gasteiger partial charge in [0, 0.05) is 11.6 Å². The average Bonchev–Trinajstić information content (AvgIpc) is 2.78. The molecular formula is C17H22N2O3S. The van der Waals surface area contributed by atoms with Crippen molar-refractivity contribution in [2.24, 2.45) is 5.41 Å². The molecule has 23 heavy (non-hydrogen) atoms. The van der Waals surface area contributed by atoms with Crippen LogP contribution in [0.2, 0.25) is 0 Å². The van der Waals surface area contributed by atoms with Crippen molar-refractivity contribution >= 4 is 28.8 Å². The molecule has 6 heteroatoms. The second-order valence-electron chi connectivity index (χ2n) is 6.80. The predicted octanol–water partition coefficient (Wildman–Crippen LogP) is 3.05. The molecule has 5 nitrogen and oxygen atoms in total. The van der Waals surface area contributed by atoms with Crippen LogP contribution in [-0.2, 0) is 11.3 Å². The minimum atomic E-state index is -0.230. The van der Waals surface area contributed by atoms with Crippen molar-refractivity contribution in [2.75, 3.05) is 5.75 Å². The molecule has 0 saturated carbocycles. The molecule has 0 spiro atoms. The number of amides is 3. The van der Waals surface area contributed by atoms with Gasteiger partial charge in [-0.15, -0.1) is 0 Å². The Morgan fingerprint density at radius 1 is 1.35 bits per heavy atom. The van der Waals surface area contributed by atoms with E-state index in [0.29, 0.717) is 5.56 Å². The highest BCUT2D eigenvalue weighted by molar-refractivity contribution is 8.14. The number of nitrogens with zero attached hydrogens (tertiary/aromatic N) is 1. The molecule has 1 saturated heterocycles. The molecule has 1 fully saturated rings. The first kappa shape index (κ1) is 17.5. The highest BCUT2D eigenvalue weighted by atomic mass is 32.2. The SMILES string of the molecule is CC(NC(=O)c1cccc(CN2C(=O)CSC2=O)c1)C(C)(C)C. The molecule has 2 rings (SSSR count). The average molecular weight is 334 g/mol. The van der Waals surface area contributed by atoms with E-state index in [-0.39, 0.29) is 40.8 Å². The molecule has 1 heterocycles. The zero-order chi connectivity index (χ0) is 17.2. The van der Waals surface area contributed by atoms with Crippen LogP contribution in [0.3, 0.4) is 0 Å². The van der Waals surface area contributed by atoms with Crippen molar-refractivity contribution in [1.82, 2.24) is 10.2 Å². The fourth-order valence-electron chi connectivity index (χ4n) is 2.02. The quantitative estimate of drug-likeness (QED) is 0.919. The summed E-state index contributed by atoms with van der Waals surface area (Å²) >= 11 is 1.01. The smallest absolute Gasteiger partial charge is 0.289 e. The van der Waals surface area contributed by atoms with Crippen molar-refractivity contribution in [3.05, 3.63) is 35.4 Å². The Balaban J connectivity index is 2.09. The number of hydrogen-bond donors (Lipinski definition) is 1. The van der Waals surface area contributed by atoms with Crippen molar-refractivity contribution in [3.63, 3.8) is 0 Å². The van der Waals surface area contributed by atoms with E-state index < -0.39 is 0 Å². The highest BCUT2D eigenvalue weighted by Crippen LogP contribution is 2.22. The normalized spacial score (nSPS) is 16.6. The van der Waals surface area contributed by atoms with Gasteiger partial charge in [0.15, 0.2) is 0 Å². The lowest BCUT2D eigenvalue weighted by Crippen LogP contribution is -2.41. The molecule has 1 aromatic carbocycles. The zero-order valence-electron chi connectivity index (χ0n) is 13.9. The largest absolute Gasteiger partial charge is 0.349 e. The van der Waals surface area contributed by atoms with Crippen LogP contribution >= 0.6 is 11.8 Å². The minimum absolute atomic E-state index is 0.0248. The molecule has 0 aromatic heterocycles. The summed E-state index contributed by atoms with van der Waals surface area (Å²) in [7, 11) is 0. The third-order valence-electron chi connectivity index (χ3n) is 4.02. The summed E-state index contributed by atoms with van der Waals surface area (Å²) < 4.78 is 0. The first-order chi connectivity index (χ1) is 10.7. The van der Waals surface area contributed by atoms with Gasteiger partial charge in [0.2, 0.25) is 5.91 Å². The van der Waals surface area contributed by atoms with E-state index in [4.69, 9.17) is 0 Å². The van der Waals surface area contributed by atoms with Crippen LogP contribution in [0.15, 0.2) is 24.3 Å². The molecule has 1 aromatic rings. The fraction of sp³-hybridized carbons (Fsp3) is 0.471. The standard InChI is InChI=1S/C17H22N2O3S/c1-11(17(2,3)4)18-15(21)13-7-5-6-12(8-13)9-19-14(20)10-23-16(19)22/h5-8,11H,9-10H2,1-4H3,(H,18,21). The molecule has 1 N–H and O–H groups in total. The molecular weight excluding hydrogens is 312 g/mol. The maximum Gasteiger partial charge on any atom is 0.289 e.